The smallest absolute Gasteiger partial charge is 0.324 e. The van der Waals surface area contributed by atoms with Gasteiger partial charge in [0.1, 0.15) is 0 Å². The van der Waals surface area contributed by atoms with Crippen molar-refractivity contribution in [3.05, 3.63) is 29.8 Å². The Morgan fingerprint density at radius 1 is 1.18 bits per heavy atom. The van der Waals surface area contributed by atoms with Gasteiger partial charge in [-0.3, -0.25) is 4.72 Å². The van der Waals surface area contributed by atoms with Gasteiger partial charge in [-0.05, 0) is 24.6 Å². The molecular formula is C8H12ClF5N2S. The van der Waals surface area contributed by atoms with E-state index in [0.717, 1.165) is 12.1 Å². The van der Waals surface area contributed by atoms with Gasteiger partial charge in [-0.1, -0.05) is 31.6 Å². The summed E-state index contributed by atoms with van der Waals surface area (Å²) in [4.78, 5) is 0. The Morgan fingerprint density at radius 2 is 1.71 bits per heavy atom. The van der Waals surface area contributed by atoms with Gasteiger partial charge in [0, 0.05) is 6.04 Å². The van der Waals surface area contributed by atoms with E-state index in [-0.39, 0.29) is 12.4 Å². The van der Waals surface area contributed by atoms with E-state index in [1.54, 1.807) is 6.92 Å². The third-order valence-corrected chi connectivity index (χ3v) is 2.34. The van der Waals surface area contributed by atoms with Crippen LogP contribution in [-0.4, -0.2) is 0 Å². The Labute approximate surface area is 102 Å². The topological polar surface area (TPSA) is 38.0 Å². The van der Waals surface area contributed by atoms with Crippen LogP contribution in [0.15, 0.2) is 24.3 Å². The van der Waals surface area contributed by atoms with Crippen molar-refractivity contribution in [2.24, 2.45) is 5.73 Å². The molecule has 0 saturated carbocycles. The number of hydrogen-bond donors (Lipinski definition) is 2. The van der Waals surface area contributed by atoms with E-state index in [1.165, 1.54) is 12.1 Å². The first kappa shape index (κ1) is 16.3. The highest BCUT2D eigenvalue weighted by Gasteiger charge is 2.63. The molecule has 0 bridgehead atoms. The van der Waals surface area contributed by atoms with Gasteiger partial charge in [0.15, 0.2) is 0 Å². The Balaban J connectivity index is 0.00000256. The zero-order chi connectivity index (χ0) is 12.7. The molecule has 0 heterocycles. The maximum Gasteiger partial charge on any atom is 0.362 e. The molecule has 1 aromatic rings. The molecule has 0 radical (unpaired) electrons. The number of nitrogens with one attached hydrogen (secondary N) is 1. The van der Waals surface area contributed by atoms with Crippen molar-refractivity contribution in [1.82, 2.24) is 0 Å². The fourth-order valence-electron chi connectivity index (χ4n) is 1.11. The highest BCUT2D eigenvalue weighted by atomic mass is 35.5. The highest BCUT2D eigenvalue weighted by Crippen LogP contribution is 2.96. The Hall–Kier alpha value is -0.730. The minimum Gasteiger partial charge on any atom is -0.324 e. The van der Waals surface area contributed by atoms with Crippen LogP contribution in [0.1, 0.15) is 18.5 Å². The van der Waals surface area contributed by atoms with Crippen molar-refractivity contribution in [3.63, 3.8) is 0 Å². The Bertz CT molecular complexity index is 405. The number of hydrogen-bond acceptors (Lipinski definition) is 2. The van der Waals surface area contributed by atoms with E-state index in [9.17, 15) is 19.4 Å². The summed E-state index contributed by atoms with van der Waals surface area (Å²) in [6, 6.07) is 4.01. The molecule has 1 aromatic carbocycles. The quantitative estimate of drug-likeness (QED) is 0.790. The molecule has 1 atom stereocenters. The van der Waals surface area contributed by atoms with E-state index in [4.69, 9.17) is 5.73 Å². The Morgan fingerprint density at radius 3 is 2.12 bits per heavy atom. The summed E-state index contributed by atoms with van der Waals surface area (Å²) in [6.07, 6.45) is 0. The molecule has 9 heteroatoms. The zero-order valence-electron chi connectivity index (χ0n) is 8.67. The summed E-state index contributed by atoms with van der Waals surface area (Å²) >= 11 is 0. The van der Waals surface area contributed by atoms with E-state index in [2.05, 4.69) is 0 Å². The first-order chi connectivity index (χ1) is 6.86. The summed E-state index contributed by atoms with van der Waals surface area (Å²) in [5.74, 6) is 0. The Kier molecular flexibility index (Phi) is 3.72. The highest BCUT2D eigenvalue weighted by molar-refractivity contribution is 8.46. The van der Waals surface area contributed by atoms with Crippen molar-refractivity contribution in [3.8, 4) is 0 Å². The SMILES string of the molecule is C[C@@H](N)c1cccc(NS(F)(F)(F)(F)F)c1.Cl. The number of rotatable bonds is 3. The van der Waals surface area contributed by atoms with Gasteiger partial charge in [0.25, 0.3) is 0 Å². The minimum atomic E-state index is -9.64. The van der Waals surface area contributed by atoms with Crippen LogP contribution in [0.3, 0.4) is 0 Å². The maximum atomic E-state index is 12.1. The number of anilines is 1. The van der Waals surface area contributed by atoms with Crippen LogP contribution in [0.2, 0.25) is 0 Å². The second kappa shape index (κ2) is 3.89. The van der Waals surface area contributed by atoms with Crippen LogP contribution in [0.5, 0.6) is 0 Å². The molecule has 0 aliphatic rings. The molecule has 102 valence electrons. The van der Waals surface area contributed by atoms with Crippen LogP contribution < -0.4 is 10.5 Å². The minimum absolute atomic E-state index is 0. The molecule has 0 spiro atoms. The lowest BCUT2D eigenvalue weighted by atomic mass is 10.1. The fourth-order valence-corrected chi connectivity index (χ4v) is 1.68. The molecule has 0 unspecified atom stereocenters. The molecule has 2 nitrogen and oxygen atoms in total. The van der Waals surface area contributed by atoms with Crippen molar-refractivity contribution in [1.29, 1.82) is 0 Å². The third-order valence-electron chi connectivity index (χ3n) is 1.72. The van der Waals surface area contributed by atoms with Crippen molar-refractivity contribution >= 4 is 28.5 Å². The van der Waals surface area contributed by atoms with Crippen molar-refractivity contribution in [2.75, 3.05) is 4.72 Å². The summed E-state index contributed by atoms with van der Waals surface area (Å²) < 4.78 is 60.8. The van der Waals surface area contributed by atoms with Gasteiger partial charge < -0.3 is 5.73 Å². The fraction of sp³-hybridized carbons (Fsp3) is 0.250. The molecule has 0 aliphatic heterocycles. The van der Waals surface area contributed by atoms with E-state index >= 15 is 0 Å². The van der Waals surface area contributed by atoms with E-state index < -0.39 is 22.1 Å². The van der Waals surface area contributed by atoms with E-state index in [1.807, 2.05) is 0 Å². The average Bonchev–Trinajstić information content (AvgIpc) is 1.98. The van der Waals surface area contributed by atoms with E-state index in [0.29, 0.717) is 10.3 Å². The lowest BCUT2D eigenvalue weighted by molar-refractivity contribution is 0.375. The maximum absolute atomic E-state index is 12.1. The van der Waals surface area contributed by atoms with Crippen LogP contribution in [0.4, 0.5) is 25.1 Å². The van der Waals surface area contributed by atoms with Crippen LogP contribution >= 0.6 is 22.8 Å². The molecule has 0 fully saturated rings. The lowest BCUT2D eigenvalue weighted by Crippen LogP contribution is -2.17. The normalized spacial score (nSPS) is 17.4. The summed E-state index contributed by atoms with van der Waals surface area (Å²) in [5.41, 5.74) is 5.05. The van der Waals surface area contributed by atoms with Gasteiger partial charge in [-0.25, -0.2) is 0 Å². The van der Waals surface area contributed by atoms with Crippen LogP contribution in [-0.2, 0) is 0 Å². The van der Waals surface area contributed by atoms with Crippen LogP contribution in [0, 0.1) is 0 Å². The number of nitrogens with two attached hydrogens (primary N) is 1. The number of halogens is 6. The molecule has 17 heavy (non-hydrogen) atoms. The van der Waals surface area contributed by atoms with Crippen molar-refractivity contribution in [2.45, 2.75) is 13.0 Å². The summed E-state index contributed by atoms with van der Waals surface area (Å²) in [5, 5.41) is 0. The first-order valence-corrected chi connectivity index (χ1v) is 6.20. The lowest BCUT2D eigenvalue weighted by Gasteiger charge is -2.41. The van der Waals surface area contributed by atoms with Gasteiger partial charge >= 0.3 is 10.4 Å². The molecule has 1 rings (SSSR count). The molecule has 0 aliphatic carbocycles. The molecule has 3 N–H and O–H groups in total. The predicted molar refractivity (Wildman–Crippen MR) is 63.0 cm³/mol. The molecule has 0 aromatic heterocycles. The summed E-state index contributed by atoms with van der Waals surface area (Å²) in [7, 11) is -9.64. The van der Waals surface area contributed by atoms with Gasteiger partial charge in [-0.2, -0.15) is 0 Å². The predicted octanol–water partition coefficient (Wildman–Crippen LogP) is 4.75. The van der Waals surface area contributed by atoms with Crippen LogP contribution in [0.25, 0.3) is 0 Å². The van der Waals surface area contributed by atoms with Gasteiger partial charge in [0.2, 0.25) is 0 Å². The third kappa shape index (κ3) is 6.54. The molecular weight excluding hydrogens is 287 g/mol. The van der Waals surface area contributed by atoms with Gasteiger partial charge in [-0.15, -0.1) is 12.4 Å². The first-order valence-electron chi connectivity index (χ1n) is 4.25. The zero-order valence-corrected chi connectivity index (χ0v) is 10.3. The monoisotopic (exact) mass is 298 g/mol. The standard InChI is InChI=1S/C8H11F5N2S.ClH/c1-6(14)7-3-2-4-8(5-7)15-16(9,10,11,12)13;/h2-6,15H,14H2,1H3;1H/t6-;/m1./s1. The van der Waals surface area contributed by atoms with Crippen molar-refractivity contribution < 1.29 is 19.4 Å². The average molecular weight is 299 g/mol. The summed E-state index contributed by atoms with van der Waals surface area (Å²) in [6.45, 7) is 1.54. The molecule has 0 saturated heterocycles. The molecule has 0 amide bonds. The second-order valence-corrected chi connectivity index (χ2v) is 5.63. The number of benzene rings is 1. The van der Waals surface area contributed by atoms with Gasteiger partial charge in [0.05, 0.1) is 5.69 Å². The largest absolute Gasteiger partial charge is 0.362 e. The second-order valence-electron chi connectivity index (χ2n) is 3.49.